The summed E-state index contributed by atoms with van der Waals surface area (Å²) >= 11 is 0. The number of carbonyl (C=O) groups excluding carboxylic acids is 2. The van der Waals surface area contributed by atoms with Crippen LogP contribution in [0.2, 0.25) is 0 Å². The fourth-order valence-corrected chi connectivity index (χ4v) is 2.99. The number of benzene rings is 2. The second kappa shape index (κ2) is 7.75. The Morgan fingerprint density at radius 3 is 2.04 bits per heavy atom. The summed E-state index contributed by atoms with van der Waals surface area (Å²) in [6, 6.07) is 16.6. The van der Waals surface area contributed by atoms with Crippen LogP contribution in [0.5, 0.6) is 0 Å². The van der Waals surface area contributed by atoms with Crippen molar-refractivity contribution < 1.29 is 34.0 Å². The summed E-state index contributed by atoms with van der Waals surface area (Å²) in [6.45, 7) is 0.988. The minimum atomic E-state index is -2.00. The molecule has 2 aromatic rings. The van der Waals surface area contributed by atoms with Crippen molar-refractivity contribution in [3.05, 3.63) is 71.8 Å². The van der Waals surface area contributed by atoms with Gasteiger partial charge in [-0.15, -0.1) is 0 Å². The predicted molar refractivity (Wildman–Crippen MR) is 101 cm³/mol. The number of hydrogen-bond acceptors (Lipinski definition) is 7. The molecule has 0 unspecified atom stereocenters. The van der Waals surface area contributed by atoms with E-state index in [2.05, 4.69) is 0 Å². The maximum Gasteiger partial charge on any atom is 0.338 e. The molecule has 0 radical (unpaired) electrons. The summed E-state index contributed by atoms with van der Waals surface area (Å²) in [5.74, 6) is -1.28. The van der Waals surface area contributed by atoms with Gasteiger partial charge in [-0.05, 0) is 31.2 Å². The average Bonchev–Trinajstić information content (AvgIpc) is 2.86. The van der Waals surface area contributed by atoms with E-state index in [-0.39, 0.29) is 12.2 Å². The quantitative estimate of drug-likeness (QED) is 0.572. The van der Waals surface area contributed by atoms with Gasteiger partial charge < -0.3 is 24.4 Å². The molecule has 0 bridgehead atoms. The lowest BCUT2D eigenvalue weighted by atomic mass is 9.77. The highest BCUT2D eigenvalue weighted by molar-refractivity contribution is 6.14. The second-order valence-corrected chi connectivity index (χ2v) is 6.94. The van der Waals surface area contributed by atoms with Crippen molar-refractivity contribution >= 4 is 19.8 Å². The van der Waals surface area contributed by atoms with Gasteiger partial charge in [0.25, 0.3) is 0 Å². The highest BCUT2D eigenvalue weighted by Crippen LogP contribution is 2.38. The van der Waals surface area contributed by atoms with E-state index in [1.165, 1.54) is 14.8 Å². The Morgan fingerprint density at radius 2 is 1.50 bits per heavy atom. The third-order valence-electron chi connectivity index (χ3n) is 4.84. The van der Waals surface area contributed by atoms with Gasteiger partial charge in [0, 0.05) is 0 Å². The smallest absolute Gasteiger partial charge is 0.338 e. The number of carbonyl (C=O) groups is 2. The van der Waals surface area contributed by atoms with Crippen molar-refractivity contribution in [1.82, 2.24) is 0 Å². The average molecular weight is 384 g/mol. The summed E-state index contributed by atoms with van der Waals surface area (Å²) in [5, 5.41) is 21.2. The van der Waals surface area contributed by atoms with Crippen LogP contribution in [0, 0.1) is 0 Å². The number of esters is 2. The first-order valence-electron chi connectivity index (χ1n) is 8.83. The zero-order valence-corrected chi connectivity index (χ0v) is 15.6. The van der Waals surface area contributed by atoms with Gasteiger partial charge in [-0.1, -0.05) is 36.4 Å². The van der Waals surface area contributed by atoms with Gasteiger partial charge in [-0.25, -0.2) is 9.59 Å². The highest BCUT2D eigenvalue weighted by Gasteiger charge is 2.61. The van der Waals surface area contributed by atoms with Crippen LogP contribution < -0.4 is 0 Å². The molecule has 0 aliphatic carbocycles. The van der Waals surface area contributed by atoms with Crippen molar-refractivity contribution in [2.75, 3.05) is 6.61 Å². The number of rotatable bonds is 5. The highest BCUT2D eigenvalue weighted by atomic mass is 16.7. The molecule has 0 spiro atoms. The lowest BCUT2D eigenvalue weighted by molar-refractivity contribution is -0.205. The first kappa shape index (κ1) is 20.1. The lowest BCUT2D eigenvalue weighted by Gasteiger charge is -2.33. The van der Waals surface area contributed by atoms with Gasteiger partial charge in [-0.2, -0.15) is 0 Å². The fourth-order valence-electron chi connectivity index (χ4n) is 2.99. The SMILES string of the molecule is B[C@@]1(O)O[C@H](COC(=O)c2ccccc2)[C@@H](OC(=O)c2ccccc2)[C@@]1(C)O. The van der Waals surface area contributed by atoms with E-state index in [0.29, 0.717) is 5.56 Å². The second-order valence-electron chi connectivity index (χ2n) is 6.94. The molecular weight excluding hydrogens is 363 g/mol. The Morgan fingerprint density at radius 1 is 1.00 bits per heavy atom. The predicted octanol–water partition coefficient (Wildman–Crippen LogP) is 0.498. The number of aliphatic hydroxyl groups is 2. The Labute approximate surface area is 163 Å². The van der Waals surface area contributed by atoms with E-state index in [1.54, 1.807) is 60.7 Å². The minimum absolute atomic E-state index is 0.282. The van der Waals surface area contributed by atoms with Gasteiger partial charge in [0.15, 0.2) is 19.6 Å². The summed E-state index contributed by atoms with van der Waals surface area (Å²) in [7, 11) is 1.26. The zero-order chi connectivity index (χ0) is 20.4. The number of hydrogen-bond donors (Lipinski definition) is 2. The van der Waals surface area contributed by atoms with Gasteiger partial charge in [-0.3, -0.25) is 0 Å². The molecule has 2 N–H and O–H groups in total. The number of ether oxygens (including phenoxy) is 3. The third-order valence-corrected chi connectivity index (χ3v) is 4.84. The standard InChI is InChI=1S/C20H21BO7/c1-19(24)16(27-18(23)14-10-6-3-7-11-14)15(28-20(19,21)25)12-26-17(22)13-8-4-2-5-9-13/h2-11,15-16,24-25H,12,21H2,1H3/t15-,16-,19-,20+/m1/s1. The fraction of sp³-hybridized carbons (Fsp3) is 0.300. The first-order valence-corrected chi connectivity index (χ1v) is 8.83. The monoisotopic (exact) mass is 384 g/mol. The molecule has 0 saturated carbocycles. The maximum absolute atomic E-state index is 12.4. The summed E-state index contributed by atoms with van der Waals surface area (Å²) in [6.07, 6.45) is -2.30. The van der Waals surface area contributed by atoms with Crippen LogP contribution >= 0.6 is 0 Å². The van der Waals surface area contributed by atoms with Crippen LogP contribution in [0.3, 0.4) is 0 Å². The van der Waals surface area contributed by atoms with E-state index in [1.807, 2.05) is 0 Å². The Bertz CT molecular complexity index is 836. The van der Waals surface area contributed by atoms with Crippen LogP contribution in [-0.2, 0) is 14.2 Å². The Balaban J connectivity index is 1.74. The summed E-state index contributed by atoms with van der Waals surface area (Å²) < 4.78 is 16.1. The first-order chi connectivity index (χ1) is 13.2. The Kier molecular flexibility index (Phi) is 5.55. The van der Waals surface area contributed by atoms with Gasteiger partial charge in [0.2, 0.25) is 0 Å². The zero-order valence-electron chi connectivity index (χ0n) is 15.6. The minimum Gasteiger partial charge on any atom is -0.459 e. The van der Waals surface area contributed by atoms with Crippen LogP contribution in [0.1, 0.15) is 27.6 Å². The van der Waals surface area contributed by atoms with Crippen LogP contribution in [0.4, 0.5) is 0 Å². The molecule has 1 heterocycles. The molecule has 8 heteroatoms. The molecule has 2 aromatic carbocycles. The van der Waals surface area contributed by atoms with Crippen molar-refractivity contribution in [2.45, 2.75) is 30.4 Å². The molecule has 146 valence electrons. The van der Waals surface area contributed by atoms with Crippen molar-refractivity contribution in [2.24, 2.45) is 0 Å². The van der Waals surface area contributed by atoms with E-state index in [0.717, 1.165) is 0 Å². The molecule has 1 fully saturated rings. The van der Waals surface area contributed by atoms with Crippen LogP contribution in [-0.4, -0.2) is 60.1 Å². The van der Waals surface area contributed by atoms with E-state index in [4.69, 9.17) is 14.2 Å². The Hall–Kier alpha value is -2.68. The lowest BCUT2D eigenvalue weighted by Crippen LogP contribution is -2.56. The molecule has 1 aliphatic rings. The van der Waals surface area contributed by atoms with Crippen LogP contribution in [0.25, 0.3) is 0 Å². The maximum atomic E-state index is 12.4. The van der Waals surface area contributed by atoms with Gasteiger partial charge >= 0.3 is 11.9 Å². The normalized spacial score (nSPS) is 29.2. The summed E-state index contributed by atoms with van der Waals surface area (Å²) in [4.78, 5) is 24.6. The molecular formula is C20H21BO7. The van der Waals surface area contributed by atoms with Crippen LogP contribution in [0.15, 0.2) is 60.7 Å². The molecule has 0 aromatic heterocycles. The molecule has 4 atom stereocenters. The molecule has 28 heavy (non-hydrogen) atoms. The van der Waals surface area contributed by atoms with Gasteiger partial charge in [0.05, 0.1) is 11.1 Å². The molecule has 1 saturated heterocycles. The third kappa shape index (κ3) is 3.94. The van der Waals surface area contributed by atoms with Gasteiger partial charge in [0.1, 0.15) is 18.3 Å². The molecule has 0 amide bonds. The van der Waals surface area contributed by atoms with E-state index >= 15 is 0 Å². The molecule has 7 nitrogen and oxygen atoms in total. The van der Waals surface area contributed by atoms with Crippen molar-refractivity contribution in [1.29, 1.82) is 0 Å². The molecule has 3 rings (SSSR count). The van der Waals surface area contributed by atoms with Crippen molar-refractivity contribution in [3.8, 4) is 0 Å². The largest absolute Gasteiger partial charge is 0.459 e. The summed E-state index contributed by atoms with van der Waals surface area (Å²) in [5.41, 5.74) is -3.29. The topological polar surface area (TPSA) is 102 Å². The molecule has 1 aliphatic heterocycles. The van der Waals surface area contributed by atoms with E-state index in [9.17, 15) is 19.8 Å². The van der Waals surface area contributed by atoms with Crippen molar-refractivity contribution in [3.63, 3.8) is 0 Å². The van der Waals surface area contributed by atoms with E-state index < -0.39 is 35.4 Å².